The van der Waals surface area contributed by atoms with E-state index in [1.807, 2.05) is 36.7 Å². The molecule has 0 radical (unpaired) electrons. The van der Waals surface area contributed by atoms with E-state index in [9.17, 15) is 9.59 Å². The fourth-order valence-corrected chi connectivity index (χ4v) is 4.67. The predicted octanol–water partition coefficient (Wildman–Crippen LogP) is 4.78. The van der Waals surface area contributed by atoms with Crippen molar-refractivity contribution in [2.75, 3.05) is 5.32 Å². The van der Waals surface area contributed by atoms with Crippen molar-refractivity contribution in [2.45, 2.75) is 40.3 Å². The maximum atomic E-state index is 13.3. The molecular weight excluding hydrogens is 436 g/mol. The minimum Gasteiger partial charge on any atom is -0.351 e. The van der Waals surface area contributed by atoms with Gasteiger partial charge in [-0.05, 0) is 57.5 Å². The largest absolute Gasteiger partial charge is 0.351 e. The number of thiophene rings is 1. The van der Waals surface area contributed by atoms with Crippen LogP contribution in [0.3, 0.4) is 0 Å². The van der Waals surface area contributed by atoms with Gasteiger partial charge in [0.2, 0.25) is 0 Å². The van der Waals surface area contributed by atoms with Gasteiger partial charge >= 0.3 is 6.03 Å². The molecule has 0 aliphatic heterocycles. The Morgan fingerprint density at radius 3 is 2.48 bits per heavy atom. The summed E-state index contributed by atoms with van der Waals surface area (Å²) >= 11 is 1.71. The fourth-order valence-electron chi connectivity index (χ4n) is 3.73. The number of primary amides is 1. The van der Waals surface area contributed by atoms with E-state index in [2.05, 4.69) is 35.6 Å². The number of hydrogen-bond donors (Lipinski definition) is 3. The summed E-state index contributed by atoms with van der Waals surface area (Å²) in [6, 6.07) is 10.6. The Kier molecular flexibility index (Phi) is 6.15. The normalized spacial score (nSPS) is 11.2. The predicted molar refractivity (Wildman–Crippen MR) is 132 cm³/mol. The van der Waals surface area contributed by atoms with Gasteiger partial charge in [-0.3, -0.25) is 4.79 Å². The van der Waals surface area contributed by atoms with Gasteiger partial charge in [-0.15, -0.1) is 11.3 Å². The molecule has 0 aliphatic carbocycles. The molecule has 4 N–H and O–H groups in total. The standard InChI is InChI=1S/C24H26N6O2S/c1-13(2)30-22-20(12-27-30)19(10-21(29-22)18-9-14(3)33-15(18)4)23(31)26-11-16-5-7-17(8-6-16)28-24(25)32/h5-10,12-13H,11H2,1-4H3,(H,26,31)(H3,25,28,32). The minimum atomic E-state index is -0.619. The Morgan fingerprint density at radius 2 is 1.88 bits per heavy atom. The number of aryl methyl sites for hydroxylation is 2. The Bertz CT molecular complexity index is 1340. The van der Waals surface area contributed by atoms with E-state index in [-0.39, 0.29) is 11.9 Å². The molecule has 0 spiro atoms. The third-order valence-corrected chi connectivity index (χ3v) is 6.26. The first-order chi connectivity index (χ1) is 15.7. The lowest BCUT2D eigenvalue weighted by Crippen LogP contribution is -2.23. The van der Waals surface area contributed by atoms with Crippen molar-refractivity contribution in [3.63, 3.8) is 0 Å². The number of nitrogens with one attached hydrogen (secondary N) is 2. The molecule has 3 heterocycles. The second-order valence-electron chi connectivity index (χ2n) is 8.17. The molecule has 0 saturated carbocycles. The van der Waals surface area contributed by atoms with Crippen LogP contribution in [0.25, 0.3) is 22.3 Å². The highest BCUT2D eigenvalue weighted by atomic mass is 32.1. The Hall–Kier alpha value is -3.72. The summed E-state index contributed by atoms with van der Waals surface area (Å²) in [7, 11) is 0. The van der Waals surface area contributed by atoms with Crippen molar-refractivity contribution in [3.05, 3.63) is 63.5 Å². The number of hydrogen-bond acceptors (Lipinski definition) is 5. The molecule has 0 bridgehead atoms. The number of anilines is 1. The smallest absolute Gasteiger partial charge is 0.316 e. The maximum absolute atomic E-state index is 13.3. The van der Waals surface area contributed by atoms with Gasteiger partial charge in [0, 0.05) is 33.6 Å². The number of aromatic nitrogens is 3. The van der Waals surface area contributed by atoms with Crippen LogP contribution < -0.4 is 16.4 Å². The van der Waals surface area contributed by atoms with Crippen LogP contribution in [0.4, 0.5) is 10.5 Å². The molecule has 3 aromatic heterocycles. The maximum Gasteiger partial charge on any atom is 0.316 e. The summed E-state index contributed by atoms with van der Waals surface area (Å²) in [5, 5.41) is 10.7. The second kappa shape index (κ2) is 9.03. The molecule has 0 fully saturated rings. The van der Waals surface area contributed by atoms with Crippen LogP contribution in [0.2, 0.25) is 0 Å². The van der Waals surface area contributed by atoms with Crippen molar-refractivity contribution < 1.29 is 9.59 Å². The molecule has 3 amide bonds. The van der Waals surface area contributed by atoms with Gasteiger partial charge < -0.3 is 16.4 Å². The van der Waals surface area contributed by atoms with Crippen LogP contribution in [0, 0.1) is 13.8 Å². The number of amides is 3. The number of carbonyl (C=O) groups excluding carboxylic acids is 2. The van der Waals surface area contributed by atoms with Gasteiger partial charge in [-0.1, -0.05) is 12.1 Å². The van der Waals surface area contributed by atoms with Gasteiger partial charge in [-0.2, -0.15) is 5.10 Å². The summed E-state index contributed by atoms with van der Waals surface area (Å²) in [6.07, 6.45) is 1.71. The van der Waals surface area contributed by atoms with Gasteiger partial charge in [0.1, 0.15) is 0 Å². The average molecular weight is 463 g/mol. The number of urea groups is 1. The first kappa shape index (κ1) is 22.5. The van der Waals surface area contributed by atoms with Crippen molar-refractivity contribution in [3.8, 4) is 11.3 Å². The van der Waals surface area contributed by atoms with Crippen molar-refractivity contribution in [1.82, 2.24) is 20.1 Å². The number of carbonyl (C=O) groups is 2. The lowest BCUT2D eigenvalue weighted by Gasteiger charge is -2.11. The van der Waals surface area contributed by atoms with E-state index in [1.54, 1.807) is 29.7 Å². The molecule has 33 heavy (non-hydrogen) atoms. The quantitative estimate of drug-likeness (QED) is 0.382. The number of nitrogens with zero attached hydrogens (tertiary/aromatic N) is 3. The monoisotopic (exact) mass is 462 g/mol. The van der Waals surface area contributed by atoms with E-state index >= 15 is 0 Å². The van der Waals surface area contributed by atoms with Crippen LogP contribution in [-0.4, -0.2) is 26.7 Å². The number of nitrogens with two attached hydrogens (primary N) is 1. The summed E-state index contributed by atoms with van der Waals surface area (Å²) < 4.78 is 1.84. The van der Waals surface area contributed by atoms with Crippen molar-refractivity contribution >= 4 is 40.0 Å². The summed E-state index contributed by atoms with van der Waals surface area (Å²) in [5.74, 6) is -0.198. The van der Waals surface area contributed by atoms with E-state index in [1.165, 1.54) is 4.88 Å². The van der Waals surface area contributed by atoms with Crippen LogP contribution >= 0.6 is 11.3 Å². The molecule has 4 aromatic rings. The van der Waals surface area contributed by atoms with Gasteiger partial charge in [-0.25, -0.2) is 14.5 Å². The Labute approximate surface area is 195 Å². The molecular formula is C24H26N6O2S. The molecule has 8 nitrogen and oxygen atoms in total. The third-order valence-electron chi connectivity index (χ3n) is 5.29. The molecule has 4 rings (SSSR count). The zero-order valence-electron chi connectivity index (χ0n) is 19.0. The lowest BCUT2D eigenvalue weighted by atomic mass is 10.1. The minimum absolute atomic E-state index is 0.110. The second-order valence-corrected chi connectivity index (χ2v) is 9.63. The molecule has 0 atom stereocenters. The lowest BCUT2D eigenvalue weighted by molar-refractivity contribution is 0.0952. The summed E-state index contributed by atoms with van der Waals surface area (Å²) in [6.45, 7) is 8.54. The van der Waals surface area contributed by atoms with Gasteiger partial charge in [0.05, 0.1) is 22.8 Å². The molecule has 9 heteroatoms. The summed E-state index contributed by atoms with van der Waals surface area (Å²) in [5.41, 5.74) is 9.65. The molecule has 1 aromatic carbocycles. The topological polar surface area (TPSA) is 115 Å². The Morgan fingerprint density at radius 1 is 1.15 bits per heavy atom. The molecule has 0 unspecified atom stereocenters. The Balaban J connectivity index is 1.66. The van der Waals surface area contributed by atoms with Crippen molar-refractivity contribution in [1.29, 1.82) is 0 Å². The first-order valence-electron chi connectivity index (χ1n) is 10.6. The van der Waals surface area contributed by atoms with Crippen LogP contribution in [0.15, 0.2) is 42.6 Å². The molecule has 0 saturated heterocycles. The SMILES string of the molecule is Cc1cc(-c2cc(C(=O)NCc3ccc(NC(N)=O)cc3)c3cnn(C(C)C)c3n2)c(C)s1. The van der Waals surface area contributed by atoms with Gasteiger partial charge in [0.15, 0.2) is 5.65 Å². The summed E-state index contributed by atoms with van der Waals surface area (Å²) in [4.78, 5) is 31.5. The molecule has 170 valence electrons. The zero-order chi connectivity index (χ0) is 23.7. The highest BCUT2D eigenvalue weighted by Gasteiger charge is 2.19. The highest BCUT2D eigenvalue weighted by molar-refractivity contribution is 7.12. The number of pyridine rings is 1. The zero-order valence-corrected chi connectivity index (χ0v) is 19.8. The molecule has 0 aliphatic rings. The number of benzene rings is 1. The van der Waals surface area contributed by atoms with E-state index < -0.39 is 6.03 Å². The van der Waals surface area contributed by atoms with Crippen LogP contribution in [-0.2, 0) is 6.54 Å². The van der Waals surface area contributed by atoms with E-state index in [4.69, 9.17) is 10.7 Å². The van der Waals surface area contributed by atoms with Crippen molar-refractivity contribution in [2.24, 2.45) is 5.73 Å². The van der Waals surface area contributed by atoms with Crippen LogP contribution in [0.1, 0.15) is 45.6 Å². The van der Waals surface area contributed by atoms with E-state index in [0.29, 0.717) is 23.4 Å². The highest BCUT2D eigenvalue weighted by Crippen LogP contribution is 2.32. The fraction of sp³-hybridized carbons (Fsp3) is 0.250. The van der Waals surface area contributed by atoms with Crippen LogP contribution in [0.5, 0.6) is 0 Å². The third kappa shape index (κ3) is 4.73. The van der Waals surface area contributed by atoms with E-state index in [0.717, 1.165) is 27.1 Å². The average Bonchev–Trinajstić information content (AvgIpc) is 3.34. The van der Waals surface area contributed by atoms with Gasteiger partial charge in [0.25, 0.3) is 5.91 Å². The first-order valence-corrected chi connectivity index (χ1v) is 11.4. The number of fused-ring (bicyclic) bond motifs is 1. The number of rotatable bonds is 6.